The summed E-state index contributed by atoms with van der Waals surface area (Å²) in [6.45, 7) is 20.6. The van der Waals surface area contributed by atoms with Gasteiger partial charge in [-0.1, -0.05) is 139 Å². The maximum absolute atomic E-state index is 12.2. The molecule has 6 nitrogen and oxygen atoms in total. The zero-order chi connectivity index (χ0) is 33.0. The molecule has 4 rings (SSSR count). The second-order valence-corrected chi connectivity index (χ2v) is 24.4. The number of hydrogen-bond acceptors (Lipinski definition) is 6. The zero-order valence-electron chi connectivity index (χ0n) is 28.1. The van der Waals surface area contributed by atoms with E-state index in [1.165, 1.54) is 0 Å². The fraction of sp³-hybridized carbons (Fsp3) is 0.472. The smallest absolute Gasteiger partial charge is 0.261 e. The first-order chi connectivity index (χ1) is 21.3. The summed E-state index contributed by atoms with van der Waals surface area (Å²) in [4.78, 5) is 16.7. The molecule has 45 heavy (non-hydrogen) atoms. The Morgan fingerprint density at radius 2 is 1.33 bits per heavy atom. The fourth-order valence-electron chi connectivity index (χ4n) is 7.36. The Balaban J connectivity index is 1.90. The molecule has 0 radical (unpaired) electrons. The quantitative estimate of drug-likeness (QED) is 0.101. The molecule has 0 aliphatic carbocycles. The number of hydrogen-bond donors (Lipinski definition) is 0. The van der Waals surface area contributed by atoms with Crippen molar-refractivity contribution in [1.29, 1.82) is 0 Å². The van der Waals surface area contributed by atoms with Gasteiger partial charge in [0.2, 0.25) is 21.2 Å². The van der Waals surface area contributed by atoms with Crippen molar-refractivity contribution in [2.24, 2.45) is 4.99 Å². The van der Waals surface area contributed by atoms with E-state index >= 15 is 0 Å². The average molecular weight is 711 g/mol. The zero-order valence-corrected chi connectivity index (χ0v) is 31.7. The standard InChI is InChI=1S/C36H48BrNO5Si2/c1-25(2)44(26(3)4,27(5)6)43-35(30-20-33-34(21-31(30)37)41-24-40-33)32(38-23-39)22-42-45(36(7,8)9,28-16-12-10-13-17-28)29-18-14-11-15-19-29/h10-21,25-27,32,35H,22,24H2,1-9H3/t32-,35-/m0/s1. The van der Waals surface area contributed by atoms with E-state index in [2.05, 4.69) is 132 Å². The third kappa shape index (κ3) is 6.94. The number of fused-ring (bicyclic) bond motifs is 1. The van der Waals surface area contributed by atoms with Crippen LogP contribution in [0.1, 0.15) is 74.0 Å². The largest absolute Gasteiger partial charge is 0.454 e. The number of benzene rings is 3. The maximum Gasteiger partial charge on any atom is 0.261 e. The van der Waals surface area contributed by atoms with Crippen LogP contribution in [-0.4, -0.2) is 42.2 Å². The SMILES string of the molecule is CC(C)[Si](O[C@@H](c1cc2c(cc1Br)OCO2)[C@H](CO[Si](c1ccccc1)(c1ccccc1)C(C)(C)C)N=C=O)(C(C)C)C(C)C. The molecule has 1 aliphatic heterocycles. The fourth-order valence-corrected chi connectivity index (χ4v) is 18.0. The highest BCUT2D eigenvalue weighted by molar-refractivity contribution is 9.10. The van der Waals surface area contributed by atoms with E-state index in [1.807, 2.05) is 30.3 Å². The third-order valence-electron chi connectivity index (χ3n) is 9.29. The first kappa shape index (κ1) is 35.3. The highest BCUT2D eigenvalue weighted by Gasteiger charge is 2.52. The number of ether oxygens (including phenoxy) is 2. The molecule has 3 aromatic rings. The van der Waals surface area contributed by atoms with Crippen LogP contribution in [0, 0.1) is 0 Å². The molecule has 1 heterocycles. The van der Waals surface area contributed by atoms with Crippen LogP contribution < -0.4 is 19.8 Å². The Morgan fingerprint density at radius 1 is 0.844 bits per heavy atom. The number of halogens is 1. The lowest BCUT2D eigenvalue weighted by molar-refractivity contribution is 0.116. The van der Waals surface area contributed by atoms with E-state index in [9.17, 15) is 4.79 Å². The second-order valence-electron chi connectivity index (χ2n) is 13.8. The van der Waals surface area contributed by atoms with Crippen LogP contribution in [0.2, 0.25) is 21.7 Å². The van der Waals surface area contributed by atoms with Crippen molar-refractivity contribution in [3.05, 3.63) is 82.8 Å². The summed E-state index contributed by atoms with van der Waals surface area (Å²) >= 11 is 3.81. The lowest BCUT2D eigenvalue weighted by Gasteiger charge is -2.47. The molecule has 3 aromatic carbocycles. The molecule has 0 N–H and O–H groups in total. The van der Waals surface area contributed by atoms with Crippen LogP contribution in [0.5, 0.6) is 11.5 Å². The van der Waals surface area contributed by atoms with E-state index in [-0.39, 0.29) is 18.4 Å². The van der Waals surface area contributed by atoms with Gasteiger partial charge in [0.05, 0.1) is 12.7 Å². The minimum Gasteiger partial charge on any atom is -0.454 e. The van der Waals surface area contributed by atoms with Crippen LogP contribution >= 0.6 is 15.9 Å². The van der Waals surface area contributed by atoms with Crippen LogP contribution in [0.15, 0.2) is 82.3 Å². The molecule has 0 amide bonds. The Morgan fingerprint density at radius 3 is 1.78 bits per heavy atom. The highest BCUT2D eigenvalue weighted by Crippen LogP contribution is 2.49. The molecule has 0 saturated carbocycles. The summed E-state index contributed by atoms with van der Waals surface area (Å²) in [7, 11) is -5.41. The van der Waals surface area contributed by atoms with Gasteiger partial charge in [-0.25, -0.2) is 4.79 Å². The van der Waals surface area contributed by atoms with Gasteiger partial charge in [0.1, 0.15) is 6.04 Å². The van der Waals surface area contributed by atoms with Gasteiger partial charge in [0.25, 0.3) is 8.32 Å². The Bertz CT molecular complexity index is 1410. The highest BCUT2D eigenvalue weighted by atomic mass is 79.9. The first-order valence-electron chi connectivity index (χ1n) is 15.9. The molecule has 0 aromatic heterocycles. The minimum atomic E-state index is -2.93. The number of nitrogens with zero attached hydrogens (tertiary/aromatic N) is 1. The van der Waals surface area contributed by atoms with E-state index in [0.29, 0.717) is 28.1 Å². The van der Waals surface area contributed by atoms with E-state index in [1.54, 1.807) is 0 Å². The van der Waals surface area contributed by atoms with E-state index in [0.717, 1.165) is 20.4 Å². The van der Waals surface area contributed by atoms with Gasteiger partial charge in [-0.05, 0) is 49.7 Å². The number of aliphatic imine (C=N–C) groups is 1. The van der Waals surface area contributed by atoms with Crippen molar-refractivity contribution in [3.8, 4) is 11.5 Å². The van der Waals surface area contributed by atoms with Crippen molar-refractivity contribution in [2.75, 3.05) is 13.4 Å². The van der Waals surface area contributed by atoms with Crippen LogP contribution in [0.4, 0.5) is 0 Å². The summed E-state index contributed by atoms with van der Waals surface area (Å²) < 4.78 is 27.1. The number of rotatable bonds is 13. The van der Waals surface area contributed by atoms with Crippen molar-refractivity contribution in [2.45, 2.75) is 96.1 Å². The van der Waals surface area contributed by atoms with Gasteiger partial charge in [-0.15, -0.1) is 0 Å². The van der Waals surface area contributed by atoms with Crippen molar-refractivity contribution in [3.63, 3.8) is 0 Å². The maximum atomic E-state index is 12.2. The van der Waals surface area contributed by atoms with Gasteiger partial charge >= 0.3 is 0 Å². The summed E-state index contributed by atoms with van der Waals surface area (Å²) in [5, 5.41) is 2.08. The Labute approximate surface area is 279 Å². The van der Waals surface area contributed by atoms with Crippen LogP contribution in [0.25, 0.3) is 0 Å². The number of carbonyl (C=O) groups excluding carboxylic acids is 1. The van der Waals surface area contributed by atoms with Gasteiger partial charge in [0.15, 0.2) is 11.5 Å². The third-order valence-corrected chi connectivity index (χ3v) is 21.1. The number of isocyanates is 1. The van der Waals surface area contributed by atoms with E-state index < -0.39 is 28.8 Å². The van der Waals surface area contributed by atoms with Gasteiger partial charge < -0.3 is 18.3 Å². The molecular weight excluding hydrogens is 662 g/mol. The summed E-state index contributed by atoms with van der Waals surface area (Å²) in [5.74, 6) is 1.32. The molecule has 9 heteroatoms. The molecular formula is C36H48BrNO5Si2. The van der Waals surface area contributed by atoms with Crippen LogP contribution in [-0.2, 0) is 13.6 Å². The summed E-state index contributed by atoms with van der Waals surface area (Å²) in [5.41, 5.74) is 1.79. The second kappa shape index (κ2) is 14.5. The van der Waals surface area contributed by atoms with Crippen molar-refractivity contribution < 1.29 is 23.1 Å². The molecule has 0 unspecified atom stereocenters. The topological polar surface area (TPSA) is 66.3 Å². The van der Waals surface area contributed by atoms with Crippen molar-refractivity contribution >= 4 is 49.0 Å². The van der Waals surface area contributed by atoms with Crippen molar-refractivity contribution in [1.82, 2.24) is 0 Å². The summed E-state index contributed by atoms with van der Waals surface area (Å²) in [6, 6.07) is 24.2. The molecule has 1 aliphatic rings. The van der Waals surface area contributed by atoms with Gasteiger partial charge in [0, 0.05) is 4.47 Å². The lowest BCUT2D eigenvalue weighted by Crippen LogP contribution is -2.67. The lowest BCUT2D eigenvalue weighted by atomic mass is 10.0. The molecule has 2 atom stereocenters. The first-order valence-corrected chi connectivity index (χ1v) is 20.7. The Hall–Kier alpha value is -2.53. The normalized spacial score (nSPS) is 15.0. The monoisotopic (exact) mass is 709 g/mol. The average Bonchev–Trinajstić information content (AvgIpc) is 3.44. The Kier molecular flexibility index (Phi) is 11.4. The summed E-state index contributed by atoms with van der Waals surface area (Å²) in [6.07, 6.45) is 1.30. The van der Waals surface area contributed by atoms with Gasteiger partial charge in [-0.3, -0.25) is 0 Å². The predicted molar refractivity (Wildman–Crippen MR) is 191 cm³/mol. The molecule has 0 bridgehead atoms. The molecule has 0 spiro atoms. The van der Waals surface area contributed by atoms with Gasteiger partial charge in [-0.2, -0.15) is 4.99 Å². The molecule has 0 fully saturated rings. The van der Waals surface area contributed by atoms with Crippen LogP contribution in [0.3, 0.4) is 0 Å². The minimum absolute atomic E-state index is 0.159. The van der Waals surface area contributed by atoms with E-state index in [4.69, 9.17) is 18.3 Å². The predicted octanol–water partition coefficient (Wildman–Crippen LogP) is 8.69. The molecule has 242 valence electrons. The molecule has 0 saturated heterocycles.